The van der Waals surface area contributed by atoms with Crippen LogP contribution in [-0.2, 0) is 20.5 Å². The van der Waals surface area contributed by atoms with Crippen LogP contribution in [0.1, 0.15) is 57.3 Å². The molecule has 0 saturated carbocycles. The number of rotatable bonds is 15. The van der Waals surface area contributed by atoms with E-state index in [0.29, 0.717) is 55.9 Å². The Balaban J connectivity index is 0.986. The van der Waals surface area contributed by atoms with E-state index in [1.807, 2.05) is 65.4 Å². The average Bonchev–Trinajstić information content (AvgIpc) is 3.73. The fourth-order valence-corrected chi connectivity index (χ4v) is 8.81. The van der Waals surface area contributed by atoms with Crippen LogP contribution >= 0.6 is 11.3 Å². The number of anilines is 2. The normalized spacial score (nSPS) is 14.6. The molecule has 2 aromatic heterocycles. The van der Waals surface area contributed by atoms with E-state index in [4.69, 9.17) is 13.9 Å². The van der Waals surface area contributed by atoms with Crippen molar-refractivity contribution in [3.8, 4) is 22.6 Å². The minimum Gasteiger partial charge on any atom is -0.506 e. The fourth-order valence-electron chi connectivity index (χ4n) is 6.88. The third-order valence-electron chi connectivity index (χ3n) is 11.2. The summed E-state index contributed by atoms with van der Waals surface area (Å²) in [5.41, 5.74) is 5.26. The average molecular weight is 826 g/mol. The van der Waals surface area contributed by atoms with Crippen molar-refractivity contribution in [2.75, 3.05) is 43.9 Å². The molecule has 5 N–H and O–H groups in total. The van der Waals surface area contributed by atoms with Gasteiger partial charge in [-0.15, -0.1) is 0 Å². The Kier molecular flexibility index (Phi) is 13.8. The quantitative estimate of drug-likeness (QED) is 0.0652. The smallest absolute Gasteiger partial charge is 0.411 e. The molecule has 3 heterocycles. The SMILES string of the molecule is COc1cc(NC(=O)CCN2CCC(OC(=O)Nc3ccccc3-c3ccsc3)CC2)ccc1CNCC(O[Si](C)(C)C(C)(C)C)c1ccc(O)c2[nH]c(=O)ccc12. The topological polar surface area (TPSA) is 154 Å². The van der Waals surface area contributed by atoms with Gasteiger partial charge in [-0.3, -0.25) is 14.9 Å². The Hall–Kier alpha value is -4.99. The van der Waals surface area contributed by atoms with Crippen molar-refractivity contribution in [3.05, 3.63) is 105 Å². The molecule has 6 rings (SSSR count). The molecule has 14 heteroatoms. The van der Waals surface area contributed by atoms with E-state index in [2.05, 4.69) is 59.7 Å². The second-order valence-electron chi connectivity index (χ2n) is 16.2. The summed E-state index contributed by atoms with van der Waals surface area (Å²) in [6.45, 7) is 14.0. The van der Waals surface area contributed by atoms with Crippen LogP contribution in [0.3, 0.4) is 0 Å². The second-order valence-corrected chi connectivity index (χ2v) is 21.8. The number of phenolic OH excluding ortho intramolecular Hbond substituents is 1. The lowest BCUT2D eigenvalue weighted by Crippen LogP contribution is -2.43. The number of para-hydroxylation sites is 1. The van der Waals surface area contributed by atoms with E-state index in [1.54, 1.807) is 30.6 Å². The van der Waals surface area contributed by atoms with Crippen LogP contribution in [0.25, 0.3) is 22.0 Å². The maximum atomic E-state index is 13.0. The van der Waals surface area contributed by atoms with E-state index < -0.39 is 14.4 Å². The molecule has 5 aromatic rings. The molecule has 1 saturated heterocycles. The molecule has 1 aliphatic rings. The summed E-state index contributed by atoms with van der Waals surface area (Å²) in [5.74, 6) is 0.553. The number of piperidine rings is 1. The molecular formula is C44H55N5O7SSi. The summed E-state index contributed by atoms with van der Waals surface area (Å²) in [6.07, 6.45) is 0.718. The minimum absolute atomic E-state index is 0.00783. The summed E-state index contributed by atoms with van der Waals surface area (Å²) in [4.78, 5) is 42.9. The van der Waals surface area contributed by atoms with Crippen LogP contribution in [0, 0.1) is 0 Å². The lowest BCUT2D eigenvalue weighted by atomic mass is 10.0. The van der Waals surface area contributed by atoms with Gasteiger partial charge >= 0.3 is 6.09 Å². The maximum absolute atomic E-state index is 13.0. The van der Waals surface area contributed by atoms with Crippen LogP contribution in [0.2, 0.25) is 18.1 Å². The van der Waals surface area contributed by atoms with Gasteiger partial charge in [0.05, 0.1) is 24.4 Å². The number of amides is 2. The van der Waals surface area contributed by atoms with Gasteiger partial charge in [-0.1, -0.05) is 51.1 Å². The molecule has 2 amide bonds. The molecule has 1 atom stereocenters. The number of likely N-dealkylation sites (tertiary alicyclic amines) is 1. The van der Waals surface area contributed by atoms with E-state index in [9.17, 15) is 19.5 Å². The molecule has 1 unspecified atom stereocenters. The van der Waals surface area contributed by atoms with E-state index >= 15 is 0 Å². The number of hydrogen-bond acceptors (Lipinski definition) is 10. The number of pyridine rings is 1. The highest BCUT2D eigenvalue weighted by molar-refractivity contribution is 7.08. The monoisotopic (exact) mass is 825 g/mol. The van der Waals surface area contributed by atoms with Crippen molar-refractivity contribution in [3.63, 3.8) is 0 Å². The number of thiophene rings is 1. The Labute approximate surface area is 345 Å². The highest BCUT2D eigenvalue weighted by Crippen LogP contribution is 2.41. The lowest BCUT2D eigenvalue weighted by molar-refractivity contribution is -0.116. The number of aromatic nitrogens is 1. The van der Waals surface area contributed by atoms with Crippen molar-refractivity contribution in [1.29, 1.82) is 0 Å². The number of nitrogens with zero attached hydrogens (tertiary/aromatic N) is 1. The molecule has 1 aliphatic heterocycles. The summed E-state index contributed by atoms with van der Waals surface area (Å²) >= 11 is 1.61. The van der Waals surface area contributed by atoms with E-state index in [-0.39, 0.29) is 34.5 Å². The highest BCUT2D eigenvalue weighted by atomic mass is 32.1. The van der Waals surface area contributed by atoms with Gasteiger partial charge in [-0.25, -0.2) is 4.79 Å². The Morgan fingerprint density at radius 2 is 1.79 bits per heavy atom. The number of hydrogen-bond donors (Lipinski definition) is 5. The lowest BCUT2D eigenvalue weighted by Gasteiger charge is -2.39. The summed E-state index contributed by atoms with van der Waals surface area (Å²) < 4.78 is 18.5. The van der Waals surface area contributed by atoms with Gasteiger partial charge in [0, 0.05) is 73.5 Å². The molecule has 0 spiro atoms. The van der Waals surface area contributed by atoms with Gasteiger partial charge < -0.3 is 39.5 Å². The Morgan fingerprint density at radius 3 is 2.52 bits per heavy atom. The number of aromatic hydroxyl groups is 1. The van der Waals surface area contributed by atoms with Crippen LogP contribution in [0.4, 0.5) is 16.2 Å². The molecule has 0 radical (unpaired) electrons. The molecule has 1 fully saturated rings. The standard InChI is InChI=1S/C44H55N5O7SSi/c1-44(2,3)58(5,6)56-39(34-13-15-37(50)42-35(34)14-16-40(51)48-42)27-45-26-29-11-12-31(25-38(29)54-4)46-41(52)19-23-49-21-17-32(18-22-49)55-43(53)47-36-10-8-7-9-33(36)30-20-24-57-28-30/h7-16,20,24-25,28,32,39,45,50H,17-19,21-23,26-27H2,1-6H3,(H,46,52)(H,47,53)(H,48,51). The predicted molar refractivity (Wildman–Crippen MR) is 235 cm³/mol. The first kappa shape index (κ1) is 42.6. The van der Waals surface area contributed by atoms with Gasteiger partial charge in [0.1, 0.15) is 17.6 Å². The molecule has 58 heavy (non-hydrogen) atoms. The number of carbonyl (C=O) groups excluding carboxylic acids is 2. The number of carbonyl (C=O) groups is 2. The van der Waals surface area contributed by atoms with Crippen molar-refractivity contribution in [2.45, 2.75) is 76.9 Å². The second kappa shape index (κ2) is 18.7. The Morgan fingerprint density at radius 1 is 1.02 bits per heavy atom. The number of H-pyrrole nitrogens is 1. The molecule has 0 bridgehead atoms. The Bertz CT molecular complexity index is 2250. The number of benzene rings is 3. The van der Waals surface area contributed by atoms with Crippen LogP contribution < -0.4 is 26.2 Å². The number of ether oxygens (including phenoxy) is 2. The highest BCUT2D eigenvalue weighted by Gasteiger charge is 2.40. The van der Waals surface area contributed by atoms with Gasteiger partial charge in [-0.05, 0) is 83.2 Å². The predicted octanol–water partition coefficient (Wildman–Crippen LogP) is 8.87. The fraction of sp³-hybridized carbons (Fsp3) is 0.386. The first-order valence-electron chi connectivity index (χ1n) is 19.7. The zero-order valence-electron chi connectivity index (χ0n) is 34.1. The third-order valence-corrected chi connectivity index (χ3v) is 16.3. The van der Waals surface area contributed by atoms with Gasteiger partial charge in [0.2, 0.25) is 11.5 Å². The van der Waals surface area contributed by atoms with Crippen LogP contribution in [0.15, 0.2) is 88.4 Å². The first-order valence-corrected chi connectivity index (χ1v) is 23.6. The van der Waals surface area contributed by atoms with Crippen molar-refractivity contribution < 1.29 is 28.6 Å². The van der Waals surface area contributed by atoms with Crippen molar-refractivity contribution in [2.24, 2.45) is 0 Å². The molecule has 3 aromatic carbocycles. The molecular weight excluding hydrogens is 771 g/mol. The van der Waals surface area contributed by atoms with Crippen LogP contribution in [0.5, 0.6) is 11.5 Å². The largest absolute Gasteiger partial charge is 0.506 e. The van der Waals surface area contributed by atoms with Gasteiger partial charge in [-0.2, -0.15) is 11.3 Å². The van der Waals surface area contributed by atoms with E-state index in [1.165, 1.54) is 6.07 Å². The van der Waals surface area contributed by atoms with Crippen molar-refractivity contribution >= 4 is 53.9 Å². The molecule has 308 valence electrons. The zero-order chi connectivity index (χ0) is 41.5. The minimum atomic E-state index is -2.24. The number of nitrogens with one attached hydrogen (secondary N) is 4. The van der Waals surface area contributed by atoms with Crippen molar-refractivity contribution in [1.82, 2.24) is 15.2 Å². The third kappa shape index (κ3) is 10.7. The summed E-state index contributed by atoms with van der Waals surface area (Å²) in [5, 5.41) is 24.8. The maximum Gasteiger partial charge on any atom is 0.411 e. The number of phenols is 1. The summed E-state index contributed by atoms with van der Waals surface area (Å²) in [6, 6.07) is 22.0. The first-order chi connectivity index (χ1) is 27.7. The molecule has 12 nitrogen and oxygen atoms in total. The number of methoxy groups -OCH3 is 1. The molecule has 0 aliphatic carbocycles. The van der Waals surface area contributed by atoms with Crippen LogP contribution in [-0.4, -0.2) is 74.7 Å². The van der Waals surface area contributed by atoms with E-state index in [0.717, 1.165) is 46.4 Å². The van der Waals surface area contributed by atoms with Gasteiger partial charge in [0.25, 0.3) is 0 Å². The number of fused-ring (bicyclic) bond motifs is 1. The zero-order valence-corrected chi connectivity index (χ0v) is 36.0. The summed E-state index contributed by atoms with van der Waals surface area (Å²) in [7, 11) is -0.635. The number of aromatic amines is 1. The van der Waals surface area contributed by atoms with Gasteiger partial charge in [0.15, 0.2) is 8.32 Å².